The number of anilines is 1. The van der Waals surface area contributed by atoms with Crippen molar-refractivity contribution in [1.29, 1.82) is 0 Å². The molecule has 0 spiro atoms. The lowest BCUT2D eigenvalue weighted by molar-refractivity contribution is 0.793. The average Bonchev–Trinajstić information content (AvgIpc) is 3.08. The molecule has 0 aliphatic carbocycles. The van der Waals surface area contributed by atoms with Gasteiger partial charge in [0.15, 0.2) is 5.96 Å². The average molecular weight is 361 g/mol. The second kappa shape index (κ2) is 9.98. The van der Waals surface area contributed by atoms with E-state index in [0.29, 0.717) is 6.54 Å². The number of hydrogen-bond acceptors (Lipinski definition) is 5. The van der Waals surface area contributed by atoms with Crippen LogP contribution in [0.3, 0.4) is 0 Å². The van der Waals surface area contributed by atoms with E-state index in [-0.39, 0.29) is 0 Å². The zero-order chi connectivity index (χ0) is 18.1. The molecule has 136 valence electrons. The molecule has 2 N–H and O–H groups in total. The van der Waals surface area contributed by atoms with Gasteiger partial charge in [0.05, 0.1) is 17.2 Å². The minimum absolute atomic E-state index is 0.550. The molecule has 2 rings (SSSR count). The van der Waals surface area contributed by atoms with Gasteiger partial charge in [-0.2, -0.15) is 0 Å². The highest BCUT2D eigenvalue weighted by Crippen LogP contribution is 2.13. The van der Waals surface area contributed by atoms with Crippen molar-refractivity contribution >= 4 is 23.1 Å². The second-order valence-corrected chi connectivity index (χ2v) is 7.03. The molecule has 0 saturated carbocycles. The summed E-state index contributed by atoms with van der Waals surface area (Å²) in [5.41, 5.74) is 0.955. The lowest BCUT2D eigenvalue weighted by Gasteiger charge is -2.13. The molecule has 0 amide bonds. The quantitative estimate of drug-likeness (QED) is 0.559. The molecule has 0 aromatic carbocycles. The molecule has 0 radical (unpaired) electrons. The first-order valence-electron chi connectivity index (χ1n) is 8.71. The van der Waals surface area contributed by atoms with Crippen LogP contribution < -0.4 is 15.5 Å². The van der Waals surface area contributed by atoms with E-state index in [1.807, 2.05) is 43.4 Å². The number of nitrogens with one attached hydrogen (secondary N) is 2. The van der Waals surface area contributed by atoms with Crippen molar-refractivity contribution in [3.8, 4) is 0 Å². The summed E-state index contributed by atoms with van der Waals surface area (Å²) in [7, 11) is 3.98. The molecule has 7 heteroatoms. The van der Waals surface area contributed by atoms with Crippen LogP contribution in [0.4, 0.5) is 5.82 Å². The van der Waals surface area contributed by atoms with Crippen LogP contribution in [-0.2, 0) is 19.4 Å². The largest absolute Gasteiger partial charge is 0.363 e. The van der Waals surface area contributed by atoms with Gasteiger partial charge in [0, 0.05) is 44.7 Å². The fourth-order valence-corrected chi connectivity index (χ4v) is 3.08. The monoisotopic (exact) mass is 360 g/mol. The summed E-state index contributed by atoms with van der Waals surface area (Å²) in [5, 5.41) is 7.82. The highest BCUT2D eigenvalue weighted by molar-refractivity contribution is 7.11. The number of aromatic nitrogens is 2. The van der Waals surface area contributed by atoms with Crippen LogP contribution in [0.15, 0.2) is 29.4 Å². The van der Waals surface area contributed by atoms with E-state index in [1.165, 1.54) is 9.88 Å². The lowest BCUT2D eigenvalue weighted by atomic mass is 10.3. The van der Waals surface area contributed by atoms with Gasteiger partial charge >= 0.3 is 0 Å². The smallest absolute Gasteiger partial charge is 0.191 e. The molecule has 6 nitrogen and oxygen atoms in total. The molecule has 0 saturated heterocycles. The van der Waals surface area contributed by atoms with E-state index in [2.05, 4.69) is 39.4 Å². The zero-order valence-electron chi connectivity index (χ0n) is 15.5. The standard InChI is InChI=1S/C18H28N6S/c1-5-15-13-21-17(25-15)10-11-20-18(19-6-2)22-12-14-8-7-9-16(23-14)24(3)4/h7-9,13H,5-6,10-12H2,1-4H3,(H2,19,20,22). The highest BCUT2D eigenvalue weighted by Gasteiger charge is 2.03. The third-order valence-electron chi connectivity index (χ3n) is 3.57. The molecule has 2 heterocycles. The lowest BCUT2D eigenvalue weighted by Crippen LogP contribution is -2.38. The van der Waals surface area contributed by atoms with Gasteiger partial charge in [-0.25, -0.2) is 15.0 Å². The third-order valence-corrected chi connectivity index (χ3v) is 4.78. The molecule has 0 fully saturated rings. The topological polar surface area (TPSA) is 65.4 Å². The molecule has 0 atom stereocenters. The van der Waals surface area contributed by atoms with Gasteiger partial charge < -0.3 is 15.5 Å². The van der Waals surface area contributed by atoms with Gasteiger partial charge in [-0.15, -0.1) is 11.3 Å². The molecule has 25 heavy (non-hydrogen) atoms. The predicted molar refractivity (Wildman–Crippen MR) is 107 cm³/mol. The Hall–Kier alpha value is -2.15. The Kier molecular flexibility index (Phi) is 7.66. The number of aliphatic imine (C=N–C) groups is 1. The van der Waals surface area contributed by atoms with Gasteiger partial charge in [0.2, 0.25) is 0 Å². The first kappa shape index (κ1) is 19.2. The third kappa shape index (κ3) is 6.34. The van der Waals surface area contributed by atoms with E-state index in [0.717, 1.165) is 43.4 Å². The van der Waals surface area contributed by atoms with E-state index < -0.39 is 0 Å². The predicted octanol–water partition coefficient (Wildman–Crippen LogP) is 2.46. The van der Waals surface area contributed by atoms with Crippen LogP contribution in [0.1, 0.15) is 29.4 Å². The molecular formula is C18H28N6S. The van der Waals surface area contributed by atoms with Crippen molar-refractivity contribution in [2.45, 2.75) is 33.2 Å². The number of pyridine rings is 1. The zero-order valence-corrected chi connectivity index (χ0v) is 16.4. The van der Waals surface area contributed by atoms with Gasteiger partial charge in [-0.3, -0.25) is 0 Å². The Morgan fingerprint density at radius 2 is 2.08 bits per heavy atom. The summed E-state index contributed by atoms with van der Waals surface area (Å²) in [4.78, 5) is 17.0. The summed E-state index contributed by atoms with van der Waals surface area (Å²) in [6.45, 7) is 6.41. The summed E-state index contributed by atoms with van der Waals surface area (Å²) in [6, 6.07) is 6.01. The first-order valence-corrected chi connectivity index (χ1v) is 9.53. The van der Waals surface area contributed by atoms with E-state index in [4.69, 9.17) is 0 Å². The van der Waals surface area contributed by atoms with Crippen molar-refractivity contribution in [2.75, 3.05) is 32.1 Å². The van der Waals surface area contributed by atoms with Crippen molar-refractivity contribution in [2.24, 2.45) is 4.99 Å². The molecule has 0 bridgehead atoms. The normalized spacial score (nSPS) is 11.4. The van der Waals surface area contributed by atoms with Gasteiger partial charge in [0.1, 0.15) is 5.82 Å². The maximum Gasteiger partial charge on any atom is 0.191 e. The van der Waals surface area contributed by atoms with E-state index in [9.17, 15) is 0 Å². The van der Waals surface area contributed by atoms with Crippen LogP contribution in [0.25, 0.3) is 0 Å². The summed E-state index contributed by atoms with van der Waals surface area (Å²) < 4.78 is 0. The Labute approximate surface area is 154 Å². The molecule has 0 aliphatic heterocycles. The minimum Gasteiger partial charge on any atom is -0.363 e. The summed E-state index contributed by atoms with van der Waals surface area (Å²) in [5.74, 6) is 1.76. The van der Waals surface area contributed by atoms with Crippen LogP contribution in [0.5, 0.6) is 0 Å². The van der Waals surface area contributed by atoms with Crippen molar-refractivity contribution in [1.82, 2.24) is 20.6 Å². The molecule has 0 unspecified atom stereocenters. The van der Waals surface area contributed by atoms with Crippen LogP contribution in [0.2, 0.25) is 0 Å². The fourth-order valence-electron chi connectivity index (χ4n) is 2.22. The first-order chi connectivity index (χ1) is 12.1. The number of guanidine groups is 1. The number of rotatable bonds is 8. The number of nitrogens with zero attached hydrogens (tertiary/aromatic N) is 4. The van der Waals surface area contributed by atoms with Crippen molar-refractivity contribution < 1.29 is 0 Å². The minimum atomic E-state index is 0.550. The van der Waals surface area contributed by atoms with Gasteiger partial charge in [0.25, 0.3) is 0 Å². The molecule has 2 aromatic rings. The SMILES string of the molecule is CCNC(=NCc1cccc(N(C)C)n1)NCCc1ncc(CC)s1. The number of thiazole rings is 1. The Balaban J connectivity index is 1.90. The van der Waals surface area contributed by atoms with Crippen molar-refractivity contribution in [3.63, 3.8) is 0 Å². The molecular weight excluding hydrogens is 332 g/mol. The van der Waals surface area contributed by atoms with Gasteiger partial charge in [-0.1, -0.05) is 13.0 Å². The van der Waals surface area contributed by atoms with Gasteiger partial charge in [-0.05, 0) is 25.5 Å². The van der Waals surface area contributed by atoms with E-state index >= 15 is 0 Å². The number of aryl methyl sites for hydroxylation is 1. The Morgan fingerprint density at radius 3 is 2.76 bits per heavy atom. The van der Waals surface area contributed by atoms with Crippen molar-refractivity contribution in [3.05, 3.63) is 40.0 Å². The molecule has 2 aromatic heterocycles. The maximum atomic E-state index is 4.63. The van der Waals surface area contributed by atoms with Crippen LogP contribution in [0, 0.1) is 0 Å². The molecule has 0 aliphatic rings. The maximum absolute atomic E-state index is 4.63. The Morgan fingerprint density at radius 1 is 1.24 bits per heavy atom. The number of hydrogen-bond donors (Lipinski definition) is 2. The van der Waals surface area contributed by atoms with Crippen LogP contribution >= 0.6 is 11.3 Å². The summed E-state index contributed by atoms with van der Waals surface area (Å²) >= 11 is 1.79. The fraction of sp³-hybridized carbons (Fsp3) is 0.500. The Bertz CT molecular complexity index is 680. The van der Waals surface area contributed by atoms with Crippen LogP contribution in [-0.4, -0.2) is 43.1 Å². The van der Waals surface area contributed by atoms with E-state index in [1.54, 1.807) is 11.3 Å². The second-order valence-electron chi connectivity index (χ2n) is 5.83. The summed E-state index contributed by atoms with van der Waals surface area (Å²) in [6.07, 6.45) is 3.93. The highest BCUT2D eigenvalue weighted by atomic mass is 32.1.